The van der Waals surface area contributed by atoms with Crippen LogP contribution in [-0.4, -0.2) is 68.3 Å². The molecule has 1 saturated heterocycles. The number of aliphatic hydroxyl groups excluding tert-OH is 1. The van der Waals surface area contributed by atoms with E-state index in [1.807, 2.05) is 6.07 Å². The van der Waals surface area contributed by atoms with Gasteiger partial charge in [0.15, 0.2) is 0 Å². The highest BCUT2D eigenvalue weighted by Gasteiger charge is 2.18. The smallest absolute Gasteiger partial charge is 0.0681 e. The normalized spacial score (nSPS) is 16.9. The van der Waals surface area contributed by atoms with Gasteiger partial charge in [-0.25, -0.2) is 0 Å². The quantitative estimate of drug-likeness (QED) is 0.875. The molecule has 112 valence electrons. The van der Waals surface area contributed by atoms with E-state index in [-0.39, 0.29) is 6.61 Å². The van der Waals surface area contributed by atoms with Crippen LogP contribution in [0.5, 0.6) is 0 Å². The number of rotatable bonds is 5. The summed E-state index contributed by atoms with van der Waals surface area (Å²) in [5, 5.41) is 9.18. The fraction of sp³-hybridized carbons (Fsp3) is 0.625. The van der Waals surface area contributed by atoms with Gasteiger partial charge in [0.2, 0.25) is 0 Å². The maximum atomic E-state index is 9.18. The van der Waals surface area contributed by atoms with E-state index in [1.54, 1.807) is 0 Å². The second-order valence-corrected chi connectivity index (χ2v) is 5.91. The van der Waals surface area contributed by atoms with Gasteiger partial charge in [0, 0.05) is 45.0 Å². The van der Waals surface area contributed by atoms with Gasteiger partial charge in [0.1, 0.15) is 0 Å². The second kappa shape index (κ2) is 7.07. The monoisotopic (exact) mass is 277 g/mol. The summed E-state index contributed by atoms with van der Waals surface area (Å²) < 4.78 is 0. The maximum absolute atomic E-state index is 9.18. The second-order valence-electron chi connectivity index (χ2n) is 5.91. The summed E-state index contributed by atoms with van der Waals surface area (Å²) in [6, 6.07) is 6.27. The van der Waals surface area contributed by atoms with Gasteiger partial charge in [-0.3, -0.25) is 4.90 Å². The molecule has 0 aliphatic carbocycles. The number of nitrogens with zero attached hydrogens (tertiary/aromatic N) is 3. The molecule has 20 heavy (non-hydrogen) atoms. The van der Waals surface area contributed by atoms with Crippen molar-refractivity contribution in [2.75, 3.05) is 58.3 Å². The molecule has 4 nitrogen and oxygen atoms in total. The van der Waals surface area contributed by atoms with Gasteiger partial charge in [-0.15, -0.1) is 0 Å². The molecule has 0 saturated carbocycles. The number of aryl methyl sites for hydroxylation is 1. The number of piperazine rings is 1. The Labute approximate surface area is 122 Å². The molecule has 0 aromatic heterocycles. The fourth-order valence-corrected chi connectivity index (χ4v) is 2.72. The predicted octanol–water partition coefficient (Wildman–Crippen LogP) is 1.17. The number of likely N-dealkylation sites (N-methyl/N-ethyl adjacent to an activating group) is 1. The molecule has 1 fully saturated rings. The first-order chi connectivity index (χ1) is 9.60. The van der Waals surface area contributed by atoms with E-state index in [1.165, 1.54) is 11.3 Å². The lowest BCUT2D eigenvalue weighted by Crippen LogP contribution is -2.48. The van der Waals surface area contributed by atoms with Crippen LogP contribution < -0.4 is 4.90 Å². The van der Waals surface area contributed by atoms with Crippen LogP contribution in [0.3, 0.4) is 0 Å². The van der Waals surface area contributed by atoms with Crippen molar-refractivity contribution < 1.29 is 5.11 Å². The molecule has 0 unspecified atom stereocenters. The lowest BCUT2D eigenvalue weighted by atomic mass is 10.1. The van der Waals surface area contributed by atoms with Gasteiger partial charge in [-0.1, -0.05) is 12.1 Å². The Kier molecular flexibility index (Phi) is 5.40. The standard InChI is InChI=1S/C16H27N3O/c1-14-12-15(13-20)4-5-16(14)19-10-8-18(9-11-19)7-6-17(2)3/h4-5,12,20H,6-11,13H2,1-3H3. The fourth-order valence-electron chi connectivity index (χ4n) is 2.72. The summed E-state index contributed by atoms with van der Waals surface area (Å²) in [6.45, 7) is 8.99. The summed E-state index contributed by atoms with van der Waals surface area (Å²) >= 11 is 0. The third-order valence-electron chi connectivity index (χ3n) is 4.02. The van der Waals surface area contributed by atoms with Crippen LogP contribution in [0.2, 0.25) is 0 Å². The SMILES string of the molecule is Cc1cc(CO)ccc1N1CCN(CCN(C)C)CC1. The molecule has 4 heteroatoms. The lowest BCUT2D eigenvalue weighted by Gasteiger charge is -2.37. The van der Waals surface area contributed by atoms with E-state index in [0.29, 0.717) is 0 Å². The average Bonchev–Trinajstić information content (AvgIpc) is 2.45. The van der Waals surface area contributed by atoms with Gasteiger partial charge in [0.05, 0.1) is 6.61 Å². The largest absolute Gasteiger partial charge is 0.392 e. The van der Waals surface area contributed by atoms with Crippen molar-refractivity contribution in [1.82, 2.24) is 9.80 Å². The predicted molar refractivity (Wildman–Crippen MR) is 84.3 cm³/mol. The number of hydrogen-bond acceptors (Lipinski definition) is 4. The van der Waals surface area contributed by atoms with Crippen LogP contribution in [0.25, 0.3) is 0 Å². The van der Waals surface area contributed by atoms with Crippen molar-refractivity contribution in [3.8, 4) is 0 Å². The van der Waals surface area contributed by atoms with E-state index >= 15 is 0 Å². The van der Waals surface area contributed by atoms with E-state index in [9.17, 15) is 5.11 Å². The molecular weight excluding hydrogens is 250 g/mol. The zero-order valence-electron chi connectivity index (χ0n) is 13.0. The maximum Gasteiger partial charge on any atom is 0.0681 e. The highest BCUT2D eigenvalue weighted by molar-refractivity contribution is 5.54. The molecule has 1 aromatic carbocycles. The molecular formula is C16H27N3O. The first-order valence-corrected chi connectivity index (χ1v) is 7.42. The van der Waals surface area contributed by atoms with Gasteiger partial charge in [-0.2, -0.15) is 0 Å². The summed E-state index contributed by atoms with van der Waals surface area (Å²) in [4.78, 5) is 7.24. The van der Waals surface area contributed by atoms with E-state index in [4.69, 9.17) is 0 Å². The van der Waals surface area contributed by atoms with Crippen molar-refractivity contribution >= 4 is 5.69 Å². The Morgan fingerprint density at radius 1 is 1.15 bits per heavy atom. The number of hydrogen-bond donors (Lipinski definition) is 1. The highest BCUT2D eigenvalue weighted by atomic mass is 16.3. The van der Waals surface area contributed by atoms with Gasteiger partial charge in [-0.05, 0) is 38.2 Å². The first-order valence-electron chi connectivity index (χ1n) is 7.42. The Morgan fingerprint density at radius 2 is 1.85 bits per heavy atom. The van der Waals surface area contributed by atoms with Crippen molar-refractivity contribution in [2.45, 2.75) is 13.5 Å². The zero-order valence-corrected chi connectivity index (χ0v) is 13.0. The molecule has 0 atom stereocenters. The summed E-state index contributed by atoms with van der Waals surface area (Å²) in [5.74, 6) is 0. The van der Waals surface area contributed by atoms with E-state index in [2.05, 4.69) is 47.9 Å². The Balaban J connectivity index is 1.90. The van der Waals surface area contributed by atoms with Crippen LogP contribution in [0.4, 0.5) is 5.69 Å². The van der Waals surface area contributed by atoms with Crippen LogP contribution in [0.15, 0.2) is 18.2 Å². The molecule has 1 aliphatic heterocycles. The third kappa shape index (κ3) is 3.95. The average molecular weight is 277 g/mol. The van der Waals surface area contributed by atoms with Gasteiger partial charge in [0.25, 0.3) is 0 Å². The molecule has 2 rings (SSSR count). The highest BCUT2D eigenvalue weighted by Crippen LogP contribution is 2.22. The third-order valence-corrected chi connectivity index (χ3v) is 4.02. The first kappa shape index (κ1) is 15.3. The number of anilines is 1. The topological polar surface area (TPSA) is 30.0 Å². The van der Waals surface area contributed by atoms with Crippen molar-refractivity contribution in [2.24, 2.45) is 0 Å². The van der Waals surface area contributed by atoms with Crippen LogP contribution in [0, 0.1) is 6.92 Å². The van der Waals surface area contributed by atoms with Gasteiger partial charge >= 0.3 is 0 Å². The molecule has 0 amide bonds. The van der Waals surface area contributed by atoms with Crippen molar-refractivity contribution in [1.29, 1.82) is 0 Å². The minimum atomic E-state index is 0.124. The number of aliphatic hydroxyl groups is 1. The molecule has 1 heterocycles. The van der Waals surface area contributed by atoms with Crippen LogP contribution in [-0.2, 0) is 6.61 Å². The minimum absolute atomic E-state index is 0.124. The molecule has 1 aromatic rings. The van der Waals surface area contributed by atoms with Gasteiger partial charge < -0.3 is 14.9 Å². The van der Waals surface area contributed by atoms with E-state index in [0.717, 1.165) is 44.8 Å². The molecule has 1 N–H and O–H groups in total. The lowest BCUT2D eigenvalue weighted by molar-refractivity contribution is 0.229. The molecule has 1 aliphatic rings. The number of benzene rings is 1. The molecule has 0 radical (unpaired) electrons. The summed E-state index contributed by atoms with van der Waals surface area (Å²) in [5.41, 5.74) is 3.57. The van der Waals surface area contributed by atoms with Crippen LogP contribution >= 0.6 is 0 Å². The molecule has 0 spiro atoms. The minimum Gasteiger partial charge on any atom is -0.392 e. The van der Waals surface area contributed by atoms with Crippen LogP contribution in [0.1, 0.15) is 11.1 Å². The molecule has 0 bridgehead atoms. The zero-order chi connectivity index (χ0) is 14.5. The summed E-state index contributed by atoms with van der Waals surface area (Å²) in [7, 11) is 4.25. The van der Waals surface area contributed by atoms with Crippen molar-refractivity contribution in [3.05, 3.63) is 29.3 Å². The van der Waals surface area contributed by atoms with Crippen molar-refractivity contribution in [3.63, 3.8) is 0 Å². The Morgan fingerprint density at radius 3 is 2.40 bits per heavy atom. The summed E-state index contributed by atoms with van der Waals surface area (Å²) in [6.07, 6.45) is 0. The Hall–Kier alpha value is -1.10. The Bertz CT molecular complexity index is 426. The van der Waals surface area contributed by atoms with E-state index < -0.39 is 0 Å².